The first-order valence-electron chi connectivity index (χ1n) is 9.28. The minimum absolute atomic E-state index is 0.198. The molecular weight excluding hydrogens is 360 g/mol. The van der Waals surface area contributed by atoms with Crippen LogP contribution in [0.25, 0.3) is 0 Å². The molecule has 2 atom stereocenters. The fourth-order valence-electron chi connectivity index (χ4n) is 3.48. The van der Waals surface area contributed by atoms with Gasteiger partial charge in [-0.05, 0) is 47.6 Å². The molecule has 0 radical (unpaired) electrons. The summed E-state index contributed by atoms with van der Waals surface area (Å²) in [5, 5.41) is 2.61. The molecular formula is C21H26N2O3S. The number of sulfonamides is 1. The molecule has 3 rings (SSSR count). The first-order valence-corrected chi connectivity index (χ1v) is 10.7. The van der Waals surface area contributed by atoms with Crippen LogP contribution in [0, 0.1) is 0 Å². The Morgan fingerprint density at radius 2 is 1.78 bits per heavy atom. The van der Waals surface area contributed by atoms with E-state index in [2.05, 4.69) is 19.2 Å². The topological polar surface area (TPSA) is 66.5 Å². The van der Waals surface area contributed by atoms with Crippen LogP contribution in [0.2, 0.25) is 0 Å². The Bertz CT molecular complexity index is 923. The number of hydrogen-bond donors (Lipinski definition) is 1. The van der Waals surface area contributed by atoms with E-state index in [0.29, 0.717) is 12.3 Å². The maximum absolute atomic E-state index is 13.3. The summed E-state index contributed by atoms with van der Waals surface area (Å²) >= 11 is 0. The second kappa shape index (κ2) is 7.82. The van der Waals surface area contributed by atoms with Crippen LogP contribution in [0.3, 0.4) is 0 Å². The van der Waals surface area contributed by atoms with E-state index in [9.17, 15) is 13.2 Å². The largest absolute Gasteiger partial charge is 0.358 e. The van der Waals surface area contributed by atoms with Crippen molar-refractivity contribution in [2.24, 2.45) is 0 Å². The summed E-state index contributed by atoms with van der Waals surface area (Å²) in [6.45, 7) is 4.42. The van der Waals surface area contributed by atoms with Gasteiger partial charge >= 0.3 is 0 Å². The Balaban J connectivity index is 1.99. The quantitative estimate of drug-likeness (QED) is 0.859. The Morgan fingerprint density at radius 1 is 1.15 bits per heavy atom. The van der Waals surface area contributed by atoms with Crippen molar-refractivity contribution < 1.29 is 13.2 Å². The van der Waals surface area contributed by atoms with E-state index in [0.717, 1.165) is 23.1 Å². The average molecular weight is 387 g/mol. The van der Waals surface area contributed by atoms with Crippen molar-refractivity contribution in [2.45, 2.75) is 50.1 Å². The number of nitrogens with one attached hydrogen (secondary N) is 1. The number of carbonyl (C=O) groups is 1. The van der Waals surface area contributed by atoms with Crippen LogP contribution in [-0.4, -0.2) is 31.7 Å². The Kier molecular flexibility index (Phi) is 5.67. The van der Waals surface area contributed by atoms with E-state index >= 15 is 0 Å². The molecule has 1 aliphatic rings. The summed E-state index contributed by atoms with van der Waals surface area (Å²) in [5.41, 5.74) is 3.07. The van der Waals surface area contributed by atoms with E-state index in [-0.39, 0.29) is 17.3 Å². The third kappa shape index (κ3) is 3.77. The molecule has 27 heavy (non-hydrogen) atoms. The lowest BCUT2D eigenvalue weighted by Crippen LogP contribution is -2.51. The number of hydrogen-bond acceptors (Lipinski definition) is 3. The fourth-order valence-corrected chi connectivity index (χ4v) is 5.05. The first-order chi connectivity index (χ1) is 12.9. The molecule has 2 aromatic rings. The van der Waals surface area contributed by atoms with Crippen molar-refractivity contribution in [3.63, 3.8) is 0 Å². The smallest absolute Gasteiger partial charge is 0.244 e. The summed E-state index contributed by atoms with van der Waals surface area (Å²) in [6, 6.07) is 14.0. The van der Waals surface area contributed by atoms with Crippen LogP contribution in [-0.2, 0) is 27.8 Å². The molecule has 1 amide bonds. The third-order valence-corrected chi connectivity index (χ3v) is 7.29. The van der Waals surface area contributed by atoms with Gasteiger partial charge in [0, 0.05) is 13.6 Å². The lowest BCUT2D eigenvalue weighted by Gasteiger charge is -2.34. The highest BCUT2D eigenvalue weighted by Gasteiger charge is 2.39. The molecule has 0 bridgehead atoms. The summed E-state index contributed by atoms with van der Waals surface area (Å²) in [5.74, 6) is 0.0894. The van der Waals surface area contributed by atoms with Gasteiger partial charge < -0.3 is 5.32 Å². The van der Waals surface area contributed by atoms with Crippen LogP contribution in [0.15, 0.2) is 53.4 Å². The highest BCUT2D eigenvalue weighted by atomic mass is 32.2. The fraction of sp³-hybridized carbons (Fsp3) is 0.381. The number of amides is 1. The molecule has 0 spiro atoms. The van der Waals surface area contributed by atoms with Crippen LogP contribution in [0.1, 0.15) is 42.9 Å². The number of carbonyl (C=O) groups excluding carboxylic acids is 1. The molecule has 2 aromatic carbocycles. The van der Waals surface area contributed by atoms with Gasteiger partial charge in [0.25, 0.3) is 0 Å². The molecule has 0 aromatic heterocycles. The highest BCUT2D eigenvalue weighted by Crippen LogP contribution is 2.30. The molecule has 1 heterocycles. The minimum Gasteiger partial charge on any atom is -0.358 e. The number of fused-ring (bicyclic) bond motifs is 1. The van der Waals surface area contributed by atoms with Gasteiger partial charge in [-0.25, -0.2) is 8.42 Å². The molecule has 1 aliphatic heterocycles. The summed E-state index contributed by atoms with van der Waals surface area (Å²) in [6.07, 6.45) is 1.37. The van der Waals surface area contributed by atoms with Gasteiger partial charge in [-0.1, -0.05) is 50.2 Å². The van der Waals surface area contributed by atoms with Gasteiger partial charge in [0.05, 0.1) is 4.90 Å². The molecule has 6 heteroatoms. The monoisotopic (exact) mass is 386 g/mol. The zero-order valence-corrected chi connectivity index (χ0v) is 16.8. The van der Waals surface area contributed by atoms with Gasteiger partial charge in [0.1, 0.15) is 6.04 Å². The zero-order chi connectivity index (χ0) is 19.6. The van der Waals surface area contributed by atoms with Crippen molar-refractivity contribution in [1.29, 1.82) is 0 Å². The van der Waals surface area contributed by atoms with Gasteiger partial charge in [-0.15, -0.1) is 0 Å². The number of nitrogens with zero attached hydrogens (tertiary/aromatic N) is 1. The predicted octanol–water partition coefficient (Wildman–Crippen LogP) is 3.06. The standard InChI is InChI=1S/C21H26N2O3S/c1-4-15(2)16-9-11-19(12-10-16)27(25,26)23-14-18-8-6-5-7-17(18)13-20(23)21(24)22-3/h5-12,15,20H,4,13-14H2,1-3H3,(H,22,24)/t15-,20+/m0/s1. The number of likely N-dealkylation sites (N-methyl/N-ethyl adjacent to an activating group) is 1. The van der Waals surface area contributed by atoms with Crippen molar-refractivity contribution in [1.82, 2.24) is 9.62 Å². The Hall–Kier alpha value is -2.18. The highest BCUT2D eigenvalue weighted by molar-refractivity contribution is 7.89. The van der Waals surface area contributed by atoms with Crippen molar-refractivity contribution >= 4 is 15.9 Å². The Morgan fingerprint density at radius 3 is 2.37 bits per heavy atom. The molecule has 0 aliphatic carbocycles. The second-order valence-corrected chi connectivity index (χ2v) is 8.92. The van der Waals surface area contributed by atoms with Gasteiger partial charge in [0.15, 0.2) is 0 Å². The molecule has 0 saturated carbocycles. The lowest BCUT2D eigenvalue weighted by molar-refractivity contribution is -0.124. The van der Waals surface area contributed by atoms with E-state index < -0.39 is 16.1 Å². The molecule has 5 nitrogen and oxygen atoms in total. The maximum atomic E-state index is 13.3. The van der Waals surface area contributed by atoms with Crippen LogP contribution < -0.4 is 5.32 Å². The van der Waals surface area contributed by atoms with Crippen molar-refractivity contribution in [2.75, 3.05) is 7.05 Å². The second-order valence-electron chi connectivity index (χ2n) is 7.03. The van der Waals surface area contributed by atoms with E-state index in [4.69, 9.17) is 0 Å². The molecule has 1 N–H and O–H groups in total. The van der Waals surface area contributed by atoms with E-state index in [1.54, 1.807) is 12.1 Å². The van der Waals surface area contributed by atoms with Crippen LogP contribution in [0.5, 0.6) is 0 Å². The van der Waals surface area contributed by atoms with Crippen LogP contribution >= 0.6 is 0 Å². The Labute approximate surface area is 161 Å². The normalized spacial score (nSPS) is 18.6. The summed E-state index contributed by atoms with van der Waals surface area (Å²) < 4.78 is 28.0. The first kappa shape index (κ1) is 19.6. The zero-order valence-electron chi connectivity index (χ0n) is 16.0. The third-order valence-electron chi connectivity index (χ3n) is 5.42. The molecule has 0 fully saturated rings. The van der Waals surface area contributed by atoms with E-state index in [1.165, 1.54) is 11.4 Å². The van der Waals surface area contributed by atoms with Gasteiger partial charge in [-0.2, -0.15) is 4.31 Å². The molecule has 0 unspecified atom stereocenters. The average Bonchev–Trinajstić information content (AvgIpc) is 2.71. The van der Waals surface area contributed by atoms with Crippen molar-refractivity contribution in [3.05, 3.63) is 65.2 Å². The van der Waals surface area contributed by atoms with Crippen molar-refractivity contribution in [3.8, 4) is 0 Å². The van der Waals surface area contributed by atoms with Gasteiger partial charge in [0.2, 0.25) is 15.9 Å². The summed E-state index contributed by atoms with van der Waals surface area (Å²) in [4.78, 5) is 12.7. The number of benzene rings is 2. The molecule has 0 saturated heterocycles. The summed E-state index contributed by atoms with van der Waals surface area (Å²) in [7, 11) is -2.25. The number of rotatable bonds is 5. The van der Waals surface area contributed by atoms with Gasteiger partial charge in [-0.3, -0.25) is 4.79 Å². The maximum Gasteiger partial charge on any atom is 0.244 e. The predicted molar refractivity (Wildman–Crippen MR) is 106 cm³/mol. The minimum atomic E-state index is -3.79. The van der Waals surface area contributed by atoms with E-state index in [1.807, 2.05) is 36.4 Å². The van der Waals surface area contributed by atoms with Crippen LogP contribution in [0.4, 0.5) is 0 Å². The SMILES string of the molecule is CC[C@H](C)c1ccc(S(=O)(=O)N2Cc3ccccc3C[C@@H]2C(=O)NC)cc1. The lowest BCUT2D eigenvalue weighted by atomic mass is 9.95. The molecule has 144 valence electrons.